The summed E-state index contributed by atoms with van der Waals surface area (Å²) in [6.45, 7) is 5.98. The maximum absolute atomic E-state index is 12.5. The van der Waals surface area contributed by atoms with Crippen molar-refractivity contribution in [2.24, 2.45) is 17.8 Å². The van der Waals surface area contributed by atoms with Crippen LogP contribution in [0.1, 0.15) is 46.5 Å². The van der Waals surface area contributed by atoms with Crippen molar-refractivity contribution in [3.8, 4) is 0 Å². The van der Waals surface area contributed by atoms with Crippen molar-refractivity contribution in [3.63, 3.8) is 0 Å². The maximum Gasteiger partial charge on any atom is 0.313 e. The average molecular weight is 360 g/mol. The number of aliphatic hydroxyl groups excluding tert-OH is 1. The van der Waals surface area contributed by atoms with Gasteiger partial charge < -0.3 is 14.6 Å². The number of fused-ring (bicyclic) bond motifs is 2. The smallest absolute Gasteiger partial charge is 0.313 e. The molecule has 2 saturated heterocycles. The number of carbonyl (C=O) groups excluding carboxylic acids is 2. The minimum atomic E-state index is -0.690. The van der Waals surface area contributed by atoms with Crippen LogP contribution in [0.4, 0.5) is 0 Å². The SMILES string of the molecule is CCC1CC2/C(C)=C\C3OC(=O)CC(O)CC3/C=C/C(C)=C\C2C(=O)O1. The zero-order valence-electron chi connectivity index (χ0n) is 15.7. The van der Waals surface area contributed by atoms with Crippen LogP contribution < -0.4 is 0 Å². The van der Waals surface area contributed by atoms with Crippen LogP contribution in [0, 0.1) is 17.8 Å². The van der Waals surface area contributed by atoms with Crippen molar-refractivity contribution < 1.29 is 24.2 Å². The van der Waals surface area contributed by atoms with Crippen LogP contribution in [0.3, 0.4) is 0 Å². The molecule has 2 aliphatic heterocycles. The van der Waals surface area contributed by atoms with Crippen molar-refractivity contribution in [2.45, 2.75) is 64.8 Å². The van der Waals surface area contributed by atoms with E-state index in [0.29, 0.717) is 6.42 Å². The molecule has 2 heterocycles. The number of esters is 2. The van der Waals surface area contributed by atoms with Gasteiger partial charge in [0.05, 0.1) is 18.4 Å². The van der Waals surface area contributed by atoms with Gasteiger partial charge in [-0.1, -0.05) is 36.3 Å². The van der Waals surface area contributed by atoms with Crippen molar-refractivity contribution in [1.29, 1.82) is 0 Å². The lowest BCUT2D eigenvalue weighted by atomic mass is 9.77. The van der Waals surface area contributed by atoms with Gasteiger partial charge in [-0.25, -0.2) is 0 Å². The number of ether oxygens (including phenoxy) is 2. The lowest BCUT2D eigenvalue weighted by Crippen LogP contribution is -2.38. The molecule has 5 heteroatoms. The van der Waals surface area contributed by atoms with Crippen LogP contribution in [0.25, 0.3) is 0 Å². The van der Waals surface area contributed by atoms with Crippen molar-refractivity contribution in [1.82, 2.24) is 0 Å². The largest absolute Gasteiger partial charge is 0.462 e. The number of aliphatic hydroxyl groups is 1. The first-order valence-electron chi connectivity index (χ1n) is 9.50. The predicted octanol–water partition coefficient (Wildman–Crippen LogP) is 3.09. The Kier molecular flexibility index (Phi) is 5.66. The molecule has 0 aromatic carbocycles. The molecule has 0 aromatic heterocycles. The second-order valence-electron chi connectivity index (χ2n) is 7.73. The second kappa shape index (κ2) is 7.78. The highest BCUT2D eigenvalue weighted by atomic mass is 16.5. The Morgan fingerprint density at radius 3 is 2.65 bits per heavy atom. The van der Waals surface area contributed by atoms with E-state index in [9.17, 15) is 14.7 Å². The highest BCUT2D eigenvalue weighted by molar-refractivity contribution is 5.77. The van der Waals surface area contributed by atoms with Gasteiger partial charge in [-0.2, -0.15) is 0 Å². The topological polar surface area (TPSA) is 72.8 Å². The van der Waals surface area contributed by atoms with Crippen molar-refractivity contribution >= 4 is 11.9 Å². The molecule has 0 radical (unpaired) electrons. The Morgan fingerprint density at radius 2 is 1.92 bits per heavy atom. The molecule has 0 saturated carbocycles. The normalized spacial score (nSPS) is 43.2. The van der Waals surface area contributed by atoms with Crippen molar-refractivity contribution in [3.05, 3.63) is 35.5 Å². The fourth-order valence-electron chi connectivity index (χ4n) is 4.14. The van der Waals surface area contributed by atoms with Crippen LogP contribution in [0.2, 0.25) is 0 Å². The first-order chi connectivity index (χ1) is 12.4. The lowest BCUT2D eigenvalue weighted by Gasteiger charge is -2.35. The van der Waals surface area contributed by atoms with E-state index in [1.54, 1.807) is 0 Å². The summed E-state index contributed by atoms with van der Waals surface area (Å²) in [5, 5.41) is 10.1. The molecule has 1 aliphatic carbocycles. The van der Waals surface area contributed by atoms with Gasteiger partial charge in [-0.15, -0.1) is 0 Å². The summed E-state index contributed by atoms with van der Waals surface area (Å²) in [6.07, 6.45) is 8.78. The summed E-state index contributed by atoms with van der Waals surface area (Å²) < 4.78 is 11.2. The quantitative estimate of drug-likeness (QED) is 0.575. The molecule has 6 atom stereocenters. The van der Waals surface area contributed by atoms with E-state index >= 15 is 0 Å². The summed E-state index contributed by atoms with van der Waals surface area (Å²) in [5.41, 5.74) is 2.02. The fraction of sp³-hybridized carbons (Fsp3) is 0.619. The molecule has 5 nitrogen and oxygen atoms in total. The number of hydrogen-bond acceptors (Lipinski definition) is 5. The molecular weight excluding hydrogens is 332 g/mol. The molecule has 2 fully saturated rings. The third-order valence-electron chi connectivity index (χ3n) is 5.66. The molecule has 0 aromatic rings. The number of allylic oxidation sites excluding steroid dienone is 3. The highest BCUT2D eigenvalue weighted by Crippen LogP contribution is 2.37. The van der Waals surface area contributed by atoms with Crippen LogP contribution in [-0.4, -0.2) is 35.4 Å². The maximum atomic E-state index is 12.5. The molecule has 0 spiro atoms. The third-order valence-corrected chi connectivity index (χ3v) is 5.66. The summed E-state index contributed by atoms with van der Waals surface area (Å²) in [4.78, 5) is 24.5. The number of cyclic esters (lactones) is 1. The van der Waals surface area contributed by atoms with E-state index in [4.69, 9.17) is 9.47 Å². The van der Waals surface area contributed by atoms with Crippen LogP contribution in [-0.2, 0) is 19.1 Å². The molecule has 1 N–H and O–H groups in total. The van der Waals surface area contributed by atoms with Gasteiger partial charge in [0.15, 0.2) is 0 Å². The lowest BCUT2D eigenvalue weighted by molar-refractivity contribution is -0.161. The van der Waals surface area contributed by atoms with E-state index in [2.05, 4.69) is 0 Å². The van der Waals surface area contributed by atoms with Gasteiger partial charge in [0.25, 0.3) is 0 Å². The molecule has 3 rings (SSSR count). The monoisotopic (exact) mass is 360 g/mol. The van der Waals surface area contributed by atoms with Crippen molar-refractivity contribution in [2.75, 3.05) is 0 Å². The van der Waals surface area contributed by atoms with Gasteiger partial charge >= 0.3 is 11.9 Å². The first-order valence-corrected chi connectivity index (χ1v) is 9.50. The molecule has 3 aliphatic rings. The first kappa shape index (κ1) is 18.9. The Morgan fingerprint density at radius 1 is 1.15 bits per heavy atom. The second-order valence-corrected chi connectivity index (χ2v) is 7.73. The molecule has 0 bridgehead atoms. The predicted molar refractivity (Wildman–Crippen MR) is 97.0 cm³/mol. The zero-order valence-corrected chi connectivity index (χ0v) is 15.7. The van der Waals surface area contributed by atoms with Gasteiger partial charge in [-0.05, 0) is 45.1 Å². The molecule has 6 unspecified atom stereocenters. The van der Waals surface area contributed by atoms with E-state index in [-0.39, 0.29) is 42.2 Å². The number of carbonyl (C=O) groups is 2. The van der Waals surface area contributed by atoms with E-state index in [1.807, 2.05) is 45.1 Å². The number of hydrogen-bond donors (Lipinski definition) is 1. The summed E-state index contributed by atoms with van der Waals surface area (Å²) in [7, 11) is 0. The minimum Gasteiger partial charge on any atom is -0.462 e. The van der Waals surface area contributed by atoms with Gasteiger partial charge in [0.1, 0.15) is 12.2 Å². The van der Waals surface area contributed by atoms with Gasteiger partial charge in [0.2, 0.25) is 0 Å². The van der Waals surface area contributed by atoms with Gasteiger partial charge in [0, 0.05) is 5.92 Å². The van der Waals surface area contributed by atoms with Crippen LogP contribution in [0.5, 0.6) is 0 Å². The van der Waals surface area contributed by atoms with E-state index in [0.717, 1.165) is 24.0 Å². The molecule has 26 heavy (non-hydrogen) atoms. The summed E-state index contributed by atoms with van der Waals surface area (Å²) in [6, 6.07) is 0. The third kappa shape index (κ3) is 4.09. The standard InChI is InChI=1S/C21H28O5/c1-4-16-11-17-13(3)8-19-14(9-15(22)10-20(23)26-19)6-5-12(2)7-18(17)21(24)25-16/h5-8,14-19,22H,4,9-11H2,1-3H3/b6-5+,12-7-,13-8-. The summed E-state index contributed by atoms with van der Waals surface area (Å²) >= 11 is 0. The van der Waals surface area contributed by atoms with E-state index in [1.165, 1.54) is 0 Å². The minimum absolute atomic E-state index is 0.0266. The zero-order chi connectivity index (χ0) is 18.8. The number of rotatable bonds is 1. The molecular formula is C21H28O5. The fourth-order valence-corrected chi connectivity index (χ4v) is 4.14. The van der Waals surface area contributed by atoms with Gasteiger partial charge in [-0.3, -0.25) is 9.59 Å². The summed E-state index contributed by atoms with van der Waals surface area (Å²) in [5.74, 6) is -0.918. The van der Waals surface area contributed by atoms with Crippen LogP contribution in [0.15, 0.2) is 35.5 Å². The Labute approximate surface area is 154 Å². The average Bonchev–Trinajstić information content (AvgIpc) is 2.71. The Bertz CT molecular complexity index is 659. The Hall–Kier alpha value is -1.88. The molecule has 142 valence electrons. The van der Waals surface area contributed by atoms with Crippen LogP contribution >= 0.6 is 0 Å². The Balaban J connectivity index is 2.01. The molecule has 0 amide bonds. The van der Waals surface area contributed by atoms with E-state index < -0.39 is 12.2 Å². The highest BCUT2D eigenvalue weighted by Gasteiger charge is 2.39.